The van der Waals surface area contributed by atoms with Crippen LogP contribution >= 0.6 is 0 Å². The molecule has 0 bridgehead atoms. The van der Waals surface area contributed by atoms with Gasteiger partial charge in [-0.15, -0.1) is 0 Å². The van der Waals surface area contributed by atoms with Gasteiger partial charge in [-0.05, 0) is 0 Å². The Balaban J connectivity index is 0. The largest absolute Gasteiger partial charge is 0.454 e. The van der Waals surface area contributed by atoms with Crippen molar-refractivity contribution in [1.82, 2.24) is 0 Å². The van der Waals surface area contributed by atoms with Crippen LogP contribution in [0.4, 0.5) is 13.2 Å². The van der Waals surface area contributed by atoms with E-state index in [-0.39, 0.29) is 5.96 Å². The number of rotatable bonds is 0. The van der Waals surface area contributed by atoms with Crippen LogP contribution in [-0.2, 0) is 0 Å². The Morgan fingerprint density at radius 2 is 1.22 bits per heavy atom. The first-order valence-electron chi connectivity index (χ1n) is 1.68. The lowest BCUT2D eigenvalue weighted by atomic mass is 11.1. The van der Waals surface area contributed by atoms with Gasteiger partial charge in [-0.2, -0.15) is 13.2 Å². The molecule has 0 saturated heterocycles. The molecule has 4 nitrogen and oxygen atoms in total. The van der Waals surface area contributed by atoms with Gasteiger partial charge in [-0.25, -0.2) is 5.73 Å². The molecule has 0 aromatic rings. The van der Waals surface area contributed by atoms with Crippen molar-refractivity contribution in [2.24, 2.45) is 17.2 Å². The molecule has 7 heteroatoms. The highest BCUT2D eigenvalue weighted by atomic mass is 19.4. The van der Waals surface area contributed by atoms with Gasteiger partial charge < -0.3 is 11.5 Å². The number of nitrogens with two attached hydrogens (primary N) is 3. The molecule has 0 aromatic heterocycles. The summed E-state index contributed by atoms with van der Waals surface area (Å²) >= 11 is 0. The average molecular weight is 144 g/mol. The van der Waals surface area contributed by atoms with Crippen LogP contribution in [0.15, 0.2) is 0 Å². The number of hydrogen-bond acceptors (Lipinski definition) is 2. The van der Waals surface area contributed by atoms with Crippen molar-refractivity contribution < 1.29 is 13.2 Å². The second-order valence-electron chi connectivity index (χ2n) is 0.997. The van der Waals surface area contributed by atoms with Crippen molar-refractivity contribution in [3.8, 4) is 0 Å². The zero-order chi connectivity index (χ0) is 8.08. The molecule has 0 aliphatic heterocycles. The molecular formula is C2H7F3N4. The number of hydrogen-bond donors (Lipinski definition) is 4. The third-order valence-electron chi connectivity index (χ3n) is 0. The summed E-state index contributed by atoms with van der Waals surface area (Å²) in [6.45, 7) is 0. The molecule has 0 aliphatic carbocycles. The zero-order valence-corrected chi connectivity index (χ0v) is 4.37. The molecule has 0 atom stereocenters. The van der Waals surface area contributed by atoms with E-state index < -0.39 is 6.30 Å². The van der Waals surface area contributed by atoms with E-state index in [2.05, 4.69) is 17.2 Å². The van der Waals surface area contributed by atoms with Crippen LogP contribution in [-0.4, -0.2) is 12.3 Å². The molecule has 0 unspecified atom stereocenters. The fourth-order valence-corrected chi connectivity index (χ4v) is 0. The van der Waals surface area contributed by atoms with Gasteiger partial charge in [0.1, 0.15) is 0 Å². The van der Waals surface area contributed by atoms with Crippen LogP contribution in [0.2, 0.25) is 0 Å². The van der Waals surface area contributed by atoms with Gasteiger partial charge in [-0.1, -0.05) is 0 Å². The van der Waals surface area contributed by atoms with Gasteiger partial charge in [0.25, 0.3) is 0 Å². The summed E-state index contributed by atoms with van der Waals surface area (Å²) in [5, 5.41) is 6.06. The summed E-state index contributed by atoms with van der Waals surface area (Å²) in [7, 11) is 0. The summed E-state index contributed by atoms with van der Waals surface area (Å²) in [6.07, 6.45) is -4.50. The lowest BCUT2D eigenvalue weighted by Crippen LogP contribution is -2.20. The van der Waals surface area contributed by atoms with Crippen molar-refractivity contribution in [2.45, 2.75) is 6.30 Å². The molecule has 56 valence electrons. The summed E-state index contributed by atoms with van der Waals surface area (Å²) in [4.78, 5) is 0. The minimum absolute atomic E-state index is 0.333. The van der Waals surface area contributed by atoms with E-state index in [1.807, 2.05) is 0 Å². The SMILES string of the molecule is N=C(N)N.NC(F)(F)F. The van der Waals surface area contributed by atoms with E-state index in [1.54, 1.807) is 0 Å². The summed E-state index contributed by atoms with van der Waals surface area (Å²) in [6, 6.07) is 0. The quantitative estimate of drug-likeness (QED) is 0.205. The van der Waals surface area contributed by atoms with Crippen LogP contribution in [0, 0.1) is 5.41 Å². The van der Waals surface area contributed by atoms with Gasteiger partial charge in [0, 0.05) is 0 Å². The Hall–Kier alpha value is -0.980. The molecule has 9 heavy (non-hydrogen) atoms. The fraction of sp³-hybridized carbons (Fsp3) is 0.500. The van der Waals surface area contributed by atoms with Crippen molar-refractivity contribution in [2.75, 3.05) is 0 Å². The molecule has 0 radical (unpaired) electrons. The molecule has 0 amide bonds. The lowest BCUT2D eigenvalue weighted by molar-refractivity contribution is -0.122. The Bertz CT molecular complexity index is 76.3. The minimum Gasteiger partial charge on any atom is -0.370 e. The highest BCUT2D eigenvalue weighted by Crippen LogP contribution is 2.01. The number of guanidine groups is 1. The average Bonchev–Trinajstić information content (AvgIpc) is 1.19. The molecule has 0 fully saturated rings. The Kier molecular flexibility index (Phi) is 4.79. The van der Waals surface area contributed by atoms with Gasteiger partial charge in [0.2, 0.25) is 0 Å². The standard InChI is InChI=1S/CH2F3N.CH5N3/c2-1(3,4)5;2-1(3)4/h5H2;(H5,2,3,4). The molecule has 0 heterocycles. The monoisotopic (exact) mass is 144 g/mol. The Labute approximate surface area is 49.3 Å². The van der Waals surface area contributed by atoms with Gasteiger partial charge in [0.15, 0.2) is 5.96 Å². The highest BCUT2D eigenvalue weighted by molar-refractivity contribution is 5.71. The molecule has 0 aliphatic rings. The maximum absolute atomic E-state index is 10.1. The summed E-state index contributed by atoms with van der Waals surface area (Å²) in [5.74, 6) is -0.333. The van der Waals surface area contributed by atoms with E-state index in [0.29, 0.717) is 0 Å². The molecule has 0 aromatic carbocycles. The minimum atomic E-state index is -4.50. The van der Waals surface area contributed by atoms with Crippen LogP contribution in [0.1, 0.15) is 0 Å². The third kappa shape index (κ3) is 184. The normalized spacial score (nSPS) is 9.33. The predicted molar refractivity (Wildman–Crippen MR) is 26.3 cm³/mol. The highest BCUT2D eigenvalue weighted by Gasteiger charge is 2.16. The molecule has 0 spiro atoms. The van der Waals surface area contributed by atoms with Gasteiger partial charge in [0.05, 0.1) is 0 Å². The first kappa shape index (κ1) is 10.9. The zero-order valence-electron chi connectivity index (χ0n) is 4.37. The van der Waals surface area contributed by atoms with Crippen molar-refractivity contribution in [3.05, 3.63) is 0 Å². The van der Waals surface area contributed by atoms with Crippen LogP contribution in [0.3, 0.4) is 0 Å². The third-order valence-corrected chi connectivity index (χ3v) is 0. The number of nitrogens with one attached hydrogen (secondary N) is 1. The van der Waals surface area contributed by atoms with Crippen LogP contribution in [0.25, 0.3) is 0 Å². The first-order valence-corrected chi connectivity index (χ1v) is 1.68. The Morgan fingerprint density at radius 1 is 1.22 bits per heavy atom. The van der Waals surface area contributed by atoms with E-state index in [1.165, 1.54) is 0 Å². The second kappa shape index (κ2) is 3.96. The lowest BCUT2D eigenvalue weighted by Gasteiger charge is -1.89. The van der Waals surface area contributed by atoms with Gasteiger partial charge >= 0.3 is 6.30 Å². The molecular weight excluding hydrogens is 137 g/mol. The van der Waals surface area contributed by atoms with Gasteiger partial charge in [-0.3, -0.25) is 5.41 Å². The van der Waals surface area contributed by atoms with E-state index in [9.17, 15) is 13.2 Å². The smallest absolute Gasteiger partial charge is 0.370 e. The maximum atomic E-state index is 10.1. The van der Waals surface area contributed by atoms with E-state index in [0.717, 1.165) is 0 Å². The summed E-state index contributed by atoms with van der Waals surface area (Å²) < 4.78 is 30.4. The first-order chi connectivity index (χ1) is 3.73. The predicted octanol–water partition coefficient (Wildman–Crippen LogP) is -0.697. The number of alkyl halides is 3. The van der Waals surface area contributed by atoms with E-state index >= 15 is 0 Å². The molecule has 7 N–H and O–H groups in total. The second-order valence-corrected chi connectivity index (χ2v) is 0.997. The fourth-order valence-electron chi connectivity index (χ4n) is 0. The molecule has 0 rings (SSSR count). The van der Waals surface area contributed by atoms with E-state index in [4.69, 9.17) is 5.41 Å². The van der Waals surface area contributed by atoms with Crippen molar-refractivity contribution in [3.63, 3.8) is 0 Å². The van der Waals surface area contributed by atoms with Crippen LogP contribution < -0.4 is 17.2 Å². The Morgan fingerprint density at radius 3 is 1.22 bits per heavy atom. The maximum Gasteiger partial charge on any atom is 0.454 e. The summed E-state index contributed by atoms with van der Waals surface area (Å²) in [5.41, 5.74) is 12.3. The number of halogens is 3. The van der Waals surface area contributed by atoms with Crippen LogP contribution in [0.5, 0.6) is 0 Å². The van der Waals surface area contributed by atoms with Crippen molar-refractivity contribution >= 4 is 5.96 Å². The van der Waals surface area contributed by atoms with Crippen molar-refractivity contribution in [1.29, 1.82) is 5.41 Å². The molecule has 0 saturated carbocycles. The topological polar surface area (TPSA) is 102 Å².